The molecule has 2 heterocycles. The van der Waals surface area contributed by atoms with E-state index >= 15 is 0 Å². The summed E-state index contributed by atoms with van der Waals surface area (Å²) in [6.45, 7) is 7.13. The molecular formula is C13H17Cl2N3O. The first-order chi connectivity index (χ1) is 8.90. The zero-order valence-electron chi connectivity index (χ0n) is 11.2. The van der Waals surface area contributed by atoms with Crippen LogP contribution in [0, 0.1) is 11.8 Å². The number of hydrogen-bond donors (Lipinski definition) is 0. The molecule has 19 heavy (non-hydrogen) atoms. The fourth-order valence-corrected chi connectivity index (χ4v) is 2.96. The Bertz CT molecular complexity index is 495. The van der Waals surface area contributed by atoms with E-state index < -0.39 is 0 Å². The van der Waals surface area contributed by atoms with Crippen molar-refractivity contribution in [1.82, 2.24) is 15.1 Å². The Labute approximate surface area is 123 Å². The first kappa shape index (κ1) is 14.5. The van der Waals surface area contributed by atoms with E-state index in [1.165, 1.54) is 6.07 Å². The summed E-state index contributed by atoms with van der Waals surface area (Å²) in [4.78, 5) is 14.4. The summed E-state index contributed by atoms with van der Waals surface area (Å²) in [6.07, 6.45) is 1.13. The van der Waals surface area contributed by atoms with Gasteiger partial charge in [0.25, 0.3) is 5.91 Å². The second kappa shape index (κ2) is 5.63. The number of likely N-dealkylation sites (tertiary alicyclic amines) is 1. The third-order valence-corrected chi connectivity index (χ3v) is 4.27. The number of amides is 1. The van der Waals surface area contributed by atoms with E-state index in [0.717, 1.165) is 13.0 Å². The molecule has 0 N–H and O–H groups in total. The van der Waals surface area contributed by atoms with Crippen LogP contribution in [-0.2, 0) is 0 Å². The van der Waals surface area contributed by atoms with Crippen molar-refractivity contribution in [3.8, 4) is 0 Å². The molecule has 1 fully saturated rings. The molecule has 0 spiro atoms. The maximum absolute atomic E-state index is 12.6. The molecule has 1 aliphatic rings. The van der Waals surface area contributed by atoms with Crippen LogP contribution in [0.15, 0.2) is 6.07 Å². The van der Waals surface area contributed by atoms with Crippen molar-refractivity contribution in [2.45, 2.75) is 33.2 Å². The predicted molar refractivity (Wildman–Crippen MR) is 75.5 cm³/mol. The lowest BCUT2D eigenvalue weighted by molar-refractivity contribution is 0.0455. The number of hydrogen-bond acceptors (Lipinski definition) is 3. The minimum absolute atomic E-state index is 0.104. The first-order valence-corrected chi connectivity index (χ1v) is 7.15. The van der Waals surface area contributed by atoms with E-state index in [0.29, 0.717) is 17.4 Å². The van der Waals surface area contributed by atoms with Gasteiger partial charge in [-0.2, -0.15) is 0 Å². The third kappa shape index (κ3) is 3.00. The molecule has 1 aromatic rings. The van der Waals surface area contributed by atoms with E-state index in [4.69, 9.17) is 23.2 Å². The number of halogens is 2. The van der Waals surface area contributed by atoms with Crippen molar-refractivity contribution >= 4 is 29.1 Å². The molecule has 3 atom stereocenters. The van der Waals surface area contributed by atoms with E-state index in [2.05, 4.69) is 31.0 Å². The fourth-order valence-electron chi connectivity index (χ4n) is 2.64. The zero-order chi connectivity index (χ0) is 14.2. The second-order valence-electron chi connectivity index (χ2n) is 5.39. The van der Waals surface area contributed by atoms with Crippen LogP contribution >= 0.6 is 23.2 Å². The highest BCUT2D eigenvalue weighted by molar-refractivity contribution is 6.34. The Kier molecular flexibility index (Phi) is 4.31. The van der Waals surface area contributed by atoms with Crippen molar-refractivity contribution in [3.05, 3.63) is 21.9 Å². The summed E-state index contributed by atoms with van der Waals surface area (Å²) in [5.74, 6) is 0.837. The summed E-state index contributed by atoms with van der Waals surface area (Å²) in [5.41, 5.74) is 0.329. The molecule has 1 aliphatic heterocycles. The lowest BCUT2D eigenvalue weighted by atomic mass is 9.85. The number of aromatic nitrogens is 2. The number of piperidine rings is 1. The lowest BCUT2D eigenvalue weighted by Gasteiger charge is -2.41. The molecule has 1 amide bonds. The van der Waals surface area contributed by atoms with Gasteiger partial charge in [-0.15, -0.1) is 10.2 Å². The summed E-state index contributed by atoms with van der Waals surface area (Å²) < 4.78 is 0. The van der Waals surface area contributed by atoms with Gasteiger partial charge >= 0.3 is 0 Å². The van der Waals surface area contributed by atoms with Gasteiger partial charge in [-0.3, -0.25) is 4.79 Å². The second-order valence-corrected chi connectivity index (χ2v) is 6.13. The largest absolute Gasteiger partial charge is 0.335 e. The molecule has 0 saturated carbocycles. The zero-order valence-corrected chi connectivity index (χ0v) is 12.7. The molecule has 6 heteroatoms. The minimum atomic E-state index is -0.118. The van der Waals surface area contributed by atoms with E-state index in [1.54, 1.807) is 0 Å². The first-order valence-electron chi connectivity index (χ1n) is 6.39. The van der Waals surface area contributed by atoms with E-state index in [9.17, 15) is 4.79 Å². The average molecular weight is 302 g/mol. The molecule has 0 aromatic carbocycles. The molecule has 1 saturated heterocycles. The molecule has 0 bridgehead atoms. The Morgan fingerprint density at radius 2 is 2.00 bits per heavy atom. The average Bonchev–Trinajstić information content (AvgIpc) is 2.36. The van der Waals surface area contributed by atoms with Crippen LogP contribution < -0.4 is 0 Å². The van der Waals surface area contributed by atoms with Gasteiger partial charge in [-0.1, -0.05) is 37.0 Å². The topological polar surface area (TPSA) is 46.1 Å². The monoisotopic (exact) mass is 301 g/mol. The van der Waals surface area contributed by atoms with Gasteiger partial charge in [0.15, 0.2) is 10.3 Å². The van der Waals surface area contributed by atoms with Gasteiger partial charge in [-0.25, -0.2) is 0 Å². The number of carbonyl (C=O) groups is 1. The SMILES string of the molecule is CC1CC(C)C(C)N(C(=O)c2cc(Cl)nnc2Cl)C1. The highest BCUT2D eigenvalue weighted by Gasteiger charge is 2.33. The smallest absolute Gasteiger partial charge is 0.257 e. The Hall–Kier alpha value is -0.870. The molecule has 104 valence electrons. The van der Waals surface area contributed by atoms with Crippen LogP contribution in [0.4, 0.5) is 0 Å². The van der Waals surface area contributed by atoms with Gasteiger partial charge in [0.05, 0.1) is 5.56 Å². The molecule has 0 aliphatic carbocycles. The molecule has 4 nitrogen and oxygen atoms in total. The fraction of sp³-hybridized carbons (Fsp3) is 0.615. The maximum Gasteiger partial charge on any atom is 0.257 e. The van der Waals surface area contributed by atoms with Gasteiger partial charge in [0, 0.05) is 12.6 Å². The number of nitrogens with zero attached hydrogens (tertiary/aromatic N) is 3. The predicted octanol–water partition coefficient (Wildman–Crippen LogP) is 3.29. The van der Waals surface area contributed by atoms with Crippen LogP contribution in [0.3, 0.4) is 0 Å². The van der Waals surface area contributed by atoms with Crippen LogP contribution in [0.1, 0.15) is 37.6 Å². The minimum Gasteiger partial charge on any atom is -0.335 e. The standard InChI is InChI=1S/C13H17Cl2N3O/c1-7-4-8(2)9(3)18(6-7)13(19)10-5-11(14)16-17-12(10)15/h5,7-9H,4,6H2,1-3H3. The highest BCUT2D eigenvalue weighted by Crippen LogP contribution is 2.29. The van der Waals surface area contributed by atoms with E-state index in [-0.39, 0.29) is 22.3 Å². The van der Waals surface area contributed by atoms with Crippen LogP contribution in [0.5, 0.6) is 0 Å². The van der Waals surface area contributed by atoms with Crippen molar-refractivity contribution in [2.24, 2.45) is 11.8 Å². The van der Waals surface area contributed by atoms with Crippen molar-refractivity contribution in [3.63, 3.8) is 0 Å². The quantitative estimate of drug-likeness (QED) is 0.799. The Morgan fingerprint density at radius 1 is 1.32 bits per heavy atom. The van der Waals surface area contributed by atoms with Crippen molar-refractivity contribution in [1.29, 1.82) is 0 Å². The summed E-state index contributed by atoms with van der Waals surface area (Å²) in [6, 6.07) is 1.67. The van der Waals surface area contributed by atoms with Gasteiger partial charge in [0.1, 0.15) is 0 Å². The summed E-state index contributed by atoms with van der Waals surface area (Å²) >= 11 is 11.7. The highest BCUT2D eigenvalue weighted by atomic mass is 35.5. The molecule has 3 unspecified atom stereocenters. The Morgan fingerprint density at radius 3 is 2.68 bits per heavy atom. The summed E-state index contributed by atoms with van der Waals surface area (Å²) in [5, 5.41) is 7.61. The van der Waals surface area contributed by atoms with Gasteiger partial charge < -0.3 is 4.90 Å². The van der Waals surface area contributed by atoms with Gasteiger partial charge in [0.2, 0.25) is 0 Å². The molecule has 0 radical (unpaired) electrons. The van der Waals surface area contributed by atoms with E-state index in [1.807, 2.05) is 4.90 Å². The maximum atomic E-state index is 12.6. The van der Waals surface area contributed by atoms with Crippen molar-refractivity contribution < 1.29 is 4.79 Å². The van der Waals surface area contributed by atoms with Crippen molar-refractivity contribution in [2.75, 3.05) is 6.54 Å². The Balaban J connectivity index is 2.30. The number of rotatable bonds is 1. The lowest BCUT2D eigenvalue weighted by Crippen LogP contribution is -2.49. The van der Waals surface area contributed by atoms with Crippen LogP contribution in [-0.4, -0.2) is 33.6 Å². The van der Waals surface area contributed by atoms with Crippen LogP contribution in [0.25, 0.3) is 0 Å². The van der Waals surface area contributed by atoms with Crippen LogP contribution in [0.2, 0.25) is 10.3 Å². The molecule has 1 aromatic heterocycles. The molecular weight excluding hydrogens is 285 g/mol. The summed E-state index contributed by atoms with van der Waals surface area (Å²) in [7, 11) is 0. The normalized spacial score (nSPS) is 27.4. The van der Waals surface area contributed by atoms with Gasteiger partial charge in [-0.05, 0) is 31.2 Å². The third-order valence-electron chi connectivity index (χ3n) is 3.81. The number of carbonyl (C=O) groups excluding carboxylic acids is 1. The molecule has 2 rings (SSSR count).